The minimum atomic E-state index is 0.0505. The van der Waals surface area contributed by atoms with Crippen LogP contribution in [0.2, 0.25) is 0 Å². The summed E-state index contributed by atoms with van der Waals surface area (Å²) in [6, 6.07) is 12.6. The van der Waals surface area contributed by atoms with Gasteiger partial charge in [-0.1, -0.05) is 23.8 Å². The molecule has 0 bridgehead atoms. The second-order valence-corrected chi connectivity index (χ2v) is 8.07. The van der Waals surface area contributed by atoms with Gasteiger partial charge in [-0.05, 0) is 68.9 Å². The highest BCUT2D eigenvalue weighted by Gasteiger charge is 2.14. The van der Waals surface area contributed by atoms with Crippen molar-refractivity contribution in [3.05, 3.63) is 75.2 Å². The van der Waals surface area contributed by atoms with Crippen LogP contribution in [0.25, 0.3) is 5.52 Å². The molecule has 2 aromatic heterocycles. The number of nitrogens with zero attached hydrogens (tertiary/aromatic N) is 2. The molecule has 3 aromatic rings. The van der Waals surface area contributed by atoms with E-state index < -0.39 is 0 Å². The van der Waals surface area contributed by atoms with Gasteiger partial charge in [0.2, 0.25) is 0 Å². The molecule has 0 saturated carbocycles. The highest BCUT2D eigenvalue weighted by Crippen LogP contribution is 2.23. The smallest absolute Gasteiger partial charge is 0.257 e. The third-order valence-electron chi connectivity index (χ3n) is 5.69. The largest absolute Gasteiger partial charge is 0.381 e. The van der Waals surface area contributed by atoms with Crippen LogP contribution in [-0.2, 0) is 6.54 Å². The van der Waals surface area contributed by atoms with Crippen molar-refractivity contribution >= 4 is 16.9 Å². The van der Waals surface area contributed by atoms with E-state index in [4.69, 9.17) is 0 Å². The number of aromatic nitrogens is 1. The third-order valence-corrected chi connectivity index (χ3v) is 5.69. The van der Waals surface area contributed by atoms with Gasteiger partial charge in [0.15, 0.2) is 0 Å². The number of anilines is 2. The van der Waals surface area contributed by atoms with E-state index in [1.165, 1.54) is 30.4 Å². The maximum Gasteiger partial charge on any atom is 0.257 e. The Morgan fingerprint density at radius 3 is 2.46 bits per heavy atom. The first-order chi connectivity index (χ1) is 13.5. The Kier molecular flexibility index (Phi) is 5.12. The van der Waals surface area contributed by atoms with Crippen molar-refractivity contribution in [3.63, 3.8) is 0 Å². The molecule has 4 nitrogen and oxygen atoms in total. The fourth-order valence-corrected chi connectivity index (χ4v) is 4.21. The van der Waals surface area contributed by atoms with Crippen LogP contribution in [-0.4, -0.2) is 17.5 Å². The Bertz CT molecular complexity index is 1060. The number of piperidine rings is 1. The van der Waals surface area contributed by atoms with Crippen LogP contribution in [0.5, 0.6) is 0 Å². The van der Waals surface area contributed by atoms with Gasteiger partial charge in [0, 0.05) is 43.3 Å². The molecule has 0 unspecified atom stereocenters. The fraction of sp³-hybridized carbons (Fsp3) is 0.375. The summed E-state index contributed by atoms with van der Waals surface area (Å²) in [4.78, 5) is 15.2. The second kappa shape index (κ2) is 7.70. The Labute approximate surface area is 166 Å². The molecule has 0 amide bonds. The summed E-state index contributed by atoms with van der Waals surface area (Å²) in [5.74, 6) is 0. The minimum absolute atomic E-state index is 0.0505. The van der Waals surface area contributed by atoms with Gasteiger partial charge in [0.25, 0.3) is 5.56 Å². The molecule has 0 spiro atoms. The van der Waals surface area contributed by atoms with Gasteiger partial charge in [-0.2, -0.15) is 0 Å². The molecule has 1 fully saturated rings. The first-order valence-electron chi connectivity index (χ1n) is 10.2. The maximum absolute atomic E-state index is 12.8. The molecule has 0 atom stereocenters. The van der Waals surface area contributed by atoms with E-state index in [0.29, 0.717) is 6.54 Å². The molecule has 4 rings (SSSR count). The molecule has 146 valence electrons. The molecule has 28 heavy (non-hydrogen) atoms. The van der Waals surface area contributed by atoms with Crippen LogP contribution in [0.15, 0.2) is 47.4 Å². The Morgan fingerprint density at radius 1 is 0.929 bits per heavy atom. The fourth-order valence-electron chi connectivity index (χ4n) is 4.21. The van der Waals surface area contributed by atoms with E-state index in [2.05, 4.69) is 54.4 Å². The van der Waals surface area contributed by atoms with Crippen molar-refractivity contribution in [1.82, 2.24) is 4.40 Å². The highest BCUT2D eigenvalue weighted by molar-refractivity contribution is 5.65. The Balaban J connectivity index is 1.71. The van der Waals surface area contributed by atoms with Crippen molar-refractivity contribution in [2.24, 2.45) is 0 Å². The molecule has 4 heteroatoms. The van der Waals surface area contributed by atoms with Crippen molar-refractivity contribution < 1.29 is 0 Å². The summed E-state index contributed by atoms with van der Waals surface area (Å²) in [7, 11) is 0. The number of hydrogen-bond donors (Lipinski definition) is 1. The molecule has 1 N–H and O–H groups in total. The summed E-state index contributed by atoms with van der Waals surface area (Å²) in [6.07, 6.45) is 5.63. The summed E-state index contributed by atoms with van der Waals surface area (Å²) in [5.41, 5.74) is 7.99. The van der Waals surface area contributed by atoms with Crippen molar-refractivity contribution in [2.45, 2.75) is 46.6 Å². The molecule has 0 radical (unpaired) electrons. The van der Waals surface area contributed by atoms with E-state index in [1.807, 2.05) is 13.1 Å². The average molecular weight is 376 g/mol. The Hall–Kier alpha value is -2.75. The predicted octanol–water partition coefficient (Wildman–Crippen LogP) is 4.83. The van der Waals surface area contributed by atoms with Crippen LogP contribution in [0, 0.1) is 20.8 Å². The molecule has 1 saturated heterocycles. The number of rotatable bonds is 4. The molecule has 1 aromatic carbocycles. The quantitative estimate of drug-likeness (QED) is 0.710. The molecular weight excluding hydrogens is 346 g/mol. The minimum Gasteiger partial charge on any atom is -0.381 e. The van der Waals surface area contributed by atoms with E-state index in [0.717, 1.165) is 41.1 Å². The lowest BCUT2D eigenvalue weighted by molar-refractivity contribution is 0.577. The monoisotopic (exact) mass is 375 g/mol. The molecular formula is C24H29N3O. The second-order valence-electron chi connectivity index (χ2n) is 8.07. The highest BCUT2D eigenvalue weighted by atomic mass is 16.1. The lowest BCUT2D eigenvalue weighted by Gasteiger charge is -2.29. The van der Waals surface area contributed by atoms with Gasteiger partial charge >= 0.3 is 0 Å². The summed E-state index contributed by atoms with van der Waals surface area (Å²) >= 11 is 0. The van der Waals surface area contributed by atoms with Crippen LogP contribution < -0.4 is 15.8 Å². The molecule has 1 aliphatic heterocycles. The Morgan fingerprint density at radius 2 is 1.71 bits per heavy atom. The lowest BCUT2D eigenvalue weighted by atomic mass is 10.1. The van der Waals surface area contributed by atoms with Crippen LogP contribution in [0.1, 0.15) is 41.5 Å². The van der Waals surface area contributed by atoms with Crippen molar-refractivity contribution in [2.75, 3.05) is 23.3 Å². The number of aryl methyl sites for hydroxylation is 3. The number of pyridine rings is 2. The molecule has 1 aliphatic rings. The summed E-state index contributed by atoms with van der Waals surface area (Å²) in [6.45, 7) is 9.06. The number of benzene rings is 1. The molecule has 3 heterocycles. The topological polar surface area (TPSA) is 36.8 Å². The van der Waals surface area contributed by atoms with E-state index in [9.17, 15) is 4.79 Å². The van der Waals surface area contributed by atoms with Gasteiger partial charge in [-0.3, -0.25) is 9.20 Å². The van der Waals surface area contributed by atoms with Crippen LogP contribution in [0.3, 0.4) is 0 Å². The van der Waals surface area contributed by atoms with Crippen LogP contribution in [0.4, 0.5) is 11.4 Å². The van der Waals surface area contributed by atoms with E-state index in [1.54, 1.807) is 10.5 Å². The first-order valence-corrected chi connectivity index (χ1v) is 10.2. The predicted molar refractivity (Wildman–Crippen MR) is 118 cm³/mol. The standard InChI is InChI=1S/C24H29N3O/c1-17-7-8-22(19(3)11-17)25-15-20-12-18(2)16-27-23(20)13-21(14-24(27)28)26-9-5-4-6-10-26/h7-8,11-14,16,25H,4-6,9-10,15H2,1-3H3. The number of hydrogen-bond acceptors (Lipinski definition) is 3. The number of nitrogens with one attached hydrogen (secondary N) is 1. The van der Waals surface area contributed by atoms with Gasteiger partial charge in [0.1, 0.15) is 0 Å². The van der Waals surface area contributed by atoms with Gasteiger partial charge < -0.3 is 10.2 Å². The molecule has 0 aliphatic carbocycles. The normalized spacial score (nSPS) is 14.5. The number of fused-ring (bicyclic) bond motifs is 1. The van der Waals surface area contributed by atoms with Gasteiger partial charge in [-0.15, -0.1) is 0 Å². The van der Waals surface area contributed by atoms with Crippen molar-refractivity contribution in [1.29, 1.82) is 0 Å². The summed E-state index contributed by atoms with van der Waals surface area (Å²) < 4.78 is 1.79. The zero-order valence-corrected chi connectivity index (χ0v) is 17.1. The zero-order valence-electron chi connectivity index (χ0n) is 17.1. The average Bonchev–Trinajstić information content (AvgIpc) is 2.68. The van der Waals surface area contributed by atoms with Crippen molar-refractivity contribution in [3.8, 4) is 0 Å². The SMILES string of the molecule is Cc1ccc(NCc2cc(C)cn3c(=O)cc(N4CCCCC4)cc23)c(C)c1. The first kappa shape index (κ1) is 18.6. The maximum atomic E-state index is 12.8. The van der Waals surface area contributed by atoms with E-state index in [-0.39, 0.29) is 5.56 Å². The van der Waals surface area contributed by atoms with Crippen LogP contribution >= 0.6 is 0 Å². The lowest BCUT2D eigenvalue weighted by Crippen LogP contribution is -2.30. The summed E-state index contributed by atoms with van der Waals surface area (Å²) in [5, 5.41) is 3.57. The van der Waals surface area contributed by atoms with Gasteiger partial charge in [-0.25, -0.2) is 0 Å². The third kappa shape index (κ3) is 3.77. The van der Waals surface area contributed by atoms with Gasteiger partial charge in [0.05, 0.1) is 5.52 Å². The van der Waals surface area contributed by atoms with E-state index >= 15 is 0 Å². The zero-order chi connectivity index (χ0) is 19.7.